The highest BCUT2D eigenvalue weighted by atomic mass is 16.5. The molecule has 0 aliphatic rings. The molecular weight excluding hydrogens is 484 g/mol. The highest BCUT2D eigenvalue weighted by molar-refractivity contribution is 6.04. The van der Waals surface area contributed by atoms with E-state index in [-0.39, 0.29) is 41.0 Å². The number of nitrogens with one attached hydrogen (secondary N) is 2. The van der Waals surface area contributed by atoms with E-state index in [0.29, 0.717) is 0 Å². The lowest BCUT2D eigenvalue weighted by molar-refractivity contribution is -0.119. The van der Waals surface area contributed by atoms with E-state index in [0.717, 1.165) is 15.8 Å². The Bertz CT molecular complexity index is 1490. The molecule has 38 heavy (non-hydrogen) atoms. The Labute approximate surface area is 219 Å². The van der Waals surface area contributed by atoms with E-state index < -0.39 is 18.5 Å². The summed E-state index contributed by atoms with van der Waals surface area (Å²) < 4.78 is 6.25. The van der Waals surface area contributed by atoms with Crippen molar-refractivity contribution in [1.82, 2.24) is 15.1 Å². The maximum absolute atomic E-state index is 12.9. The maximum Gasteiger partial charge on any atom is 0.359 e. The van der Waals surface area contributed by atoms with Gasteiger partial charge in [0.05, 0.1) is 23.8 Å². The second-order valence-corrected chi connectivity index (χ2v) is 8.48. The van der Waals surface area contributed by atoms with Crippen LogP contribution in [0.1, 0.15) is 44.9 Å². The van der Waals surface area contributed by atoms with Crippen LogP contribution in [0.3, 0.4) is 0 Å². The Morgan fingerprint density at radius 3 is 2.26 bits per heavy atom. The number of para-hydroxylation sites is 1. The van der Waals surface area contributed by atoms with Gasteiger partial charge in [0.15, 0.2) is 12.3 Å². The van der Waals surface area contributed by atoms with Gasteiger partial charge < -0.3 is 15.4 Å². The number of benzene rings is 3. The summed E-state index contributed by atoms with van der Waals surface area (Å²) in [5.74, 6) is -1.85. The van der Waals surface area contributed by atoms with Gasteiger partial charge >= 0.3 is 5.97 Å². The smallest absolute Gasteiger partial charge is 0.359 e. The normalized spacial score (nSPS) is 11.3. The van der Waals surface area contributed by atoms with Crippen LogP contribution in [0.5, 0.6) is 0 Å². The third-order valence-electron chi connectivity index (χ3n) is 5.68. The number of anilines is 1. The molecule has 0 fully saturated rings. The van der Waals surface area contributed by atoms with E-state index in [1.807, 2.05) is 67.6 Å². The van der Waals surface area contributed by atoms with Crippen molar-refractivity contribution in [3.05, 3.63) is 130 Å². The Morgan fingerprint density at radius 1 is 0.868 bits per heavy atom. The minimum atomic E-state index is -0.857. The zero-order valence-electron chi connectivity index (χ0n) is 20.7. The lowest BCUT2D eigenvalue weighted by Crippen LogP contribution is -2.29. The van der Waals surface area contributed by atoms with E-state index in [1.165, 1.54) is 12.1 Å². The Balaban J connectivity index is 1.36. The lowest BCUT2D eigenvalue weighted by atomic mass is 10.1. The quantitative estimate of drug-likeness (QED) is 0.332. The van der Waals surface area contributed by atoms with Gasteiger partial charge in [0.1, 0.15) is 0 Å². The first-order valence-corrected chi connectivity index (χ1v) is 11.9. The molecule has 3 aromatic carbocycles. The molecule has 1 aromatic heterocycles. The number of ether oxygens (including phenoxy) is 1. The summed E-state index contributed by atoms with van der Waals surface area (Å²) in [5.41, 5.74) is 1.85. The predicted molar refractivity (Wildman–Crippen MR) is 142 cm³/mol. The number of aromatic nitrogens is 2. The molecule has 4 rings (SSSR count). The van der Waals surface area contributed by atoms with Crippen molar-refractivity contribution in [2.45, 2.75) is 19.5 Å². The number of hydrogen-bond acceptors (Lipinski definition) is 6. The van der Waals surface area contributed by atoms with E-state index in [2.05, 4.69) is 15.7 Å². The van der Waals surface area contributed by atoms with E-state index in [1.54, 1.807) is 24.3 Å². The van der Waals surface area contributed by atoms with Gasteiger partial charge in [0, 0.05) is 6.07 Å². The molecule has 4 aromatic rings. The van der Waals surface area contributed by atoms with Crippen LogP contribution >= 0.6 is 0 Å². The van der Waals surface area contributed by atoms with Crippen LogP contribution in [0.15, 0.2) is 102 Å². The molecular formula is C29H26N4O5. The SMILES string of the molecule is CC(NC(=O)c1ccccc1NC(=O)COC(=O)c1ccc(=O)n(Cc2ccccc2)n1)c1ccccc1. The predicted octanol–water partition coefficient (Wildman–Crippen LogP) is 3.58. The summed E-state index contributed by atoms with van der Waals surface area (Å²) in [6.07, 6.45) is 0. The number of amides is 2. The number of nitrogens with zero attached hydrogens (tertiary/aromatic N) is 2. The highest BCUT2D eigenvalue weighted by Crippen LogP contribution is 2.18. The summed E-state index contributed by atoms with van der Waals surface area (Å²) in [4.78, 5) is 50.1. The van der Waals surface area contributed by atoms with Crippen LogP contribution in [0.25, 0.3) is 0 Å². The number of hydrogen-bond donors (Lipinski definition) is 2. The second kappa shape index (κ2) is 12.3. The van der Waals surface area contributed by atoms with Crippen molar-refractivity contribution in [3.63, 3.8) is 0 Å². The van der Waals surface area contributed by atoms with E-state index >= 15 is 0 Å². The average Bonchev–Trinajstić information content (AvgIpc) is 2.94. The fourth-order valence-electron chi connectivity index (χ4n) is 3.71. The fraction of sp³-hybridized carbons (Fsp3) is 0.138. The lowest BCUT2D eigenvalue weighted by Gasteiger charge is -2.16. The molecule has 0 radical (unpaired) electrons. The van der Waals surface area contributed by atoms with Gasteiger partial charge in [0.2, 0.25) is 0 Å². The van der Waals surface area contributed by atoms with Crippen molar-refractivity contribution < 1.29 is 19.1 Å². The maximum atomic E-state index is 12.9. The molecule has 0 aliphatic heterocycles. The Hall–Kier alpha value is -5.05. The standard InChI is InChI=1S/C29H26N4O5/c1-20(22-12-6-3-7-13-22)30-28(36)23-14-8-9-15-24(23)31-26(34)19-38-29(37)25-16-17-27(35)33(32-25)18-21-10-4-2-5-11-21/h2-17,20H,18-19H2,1H3,(H,30,36)(H,31,34). The third kappa shape index (κ3) is 6.79. The molecule has 0 bridgehead atoms. The molecule has 0 aliphatic carbocycles. The zero-order valence-corrected chi connectivity index (χ0v) is 20.7. The molecule has 0 spiro atoms. The monoisotopic (exact) mass is 510 g/mol. The van der Waals surface area contributed by atoms with Crippen LogP contribution < -0.4 is 16.2 Å². The second-order valence-electron chi connectivity index (χ2n) is 8.48. The molecule has 1 atom stereocenters. The van der Waals surface area contributed by atoms with Crippen molar-refractivity contribution >= 4 is 23.5 Å². The fourth-order valence-corrected chi connectivity index (χ4v) is 3.71. The van der Waals surface area contributed by atoms with Gasteiger partial charge in [-0.25, -0.2) is 9.48 Å². The molecule has 9 heteroatoms. The van der Waals surface area contributed by atoms with Crippen molar-refractivity contribution in [3.8, 4) is 0 Å². The van der Waals surface area contributed by atoms with Gasteiger partial charge in [-0.05, 0) is 36.2 Å². The molecule has 9 nitrogen and oxygen atoms in total. The van der Waals surface area contributed by atoms with E-state index in [4.69, 9.17) is 4.74 Å². The zero-order chi connectivity index (χ0) is 26.9. The highest BCUT2D eigenvalue weighted by Gasteiger charge is 2.18. The number of rotatable bonds is 9. The summed E-state index contributed by atoms with van der Waals surface area (Å²) in [6, 6.07) is 27.5. The minimum absolute atomic E-state index is 0.108. The van der Waals surface area contributed by atoms with Gasteiger partial charge in [0.25, 0.3) is 17.4 Å². The van der Waals surface area contributed by atoms with Gasteiger partial charge in [-0.1, -0.05) is 72.8 Å². The Kier molecular flexibility index (Phi) is 8.40. The summed E-state index contributed by atoms with van der Waals surface area (Å²) in [7, 11) is 0. The van der Waals surface area contributed by atoms with Crippen LogP contribution in [-0.2, 0) is 16.1 Å². The number of esters is 1. The molecule has 0 saturated carbocycles. The summed E-state index contributed by atoms with van der Waals surface area (Å²) in [5, 5.41) is 9.59. The summed E-state index contributed by atoms with van der Waals surface area (Å²) >= 11 is 0. The van der Waals surface area contributed by atoms with Gasteiger partial charge in [-0.3, -0.25) is 14.4 Å². The van der Waals surface area contributed by atoms with Crippen LogP contribution in [0, 0.1) is 0 Å². The number of carbonyl (C=O) groups is 3. The Morgan fingerprint density at radius 2 is 1.53 bits per heavy atom. The van der Waals surface area contributed by atoms with Crippen molar-refractivity contribution in [2.75, 3.05) is 11.9 Å². The first kappa shape index (κ1) is 26.0. The van der Waals surface area contributed by atoms with Crippen LogP contribution in [0.2, 0.25) is 0 Å². The molecule has 192 valence electrons. The molecule has 2 amide bonds. The molecule has 1 heterocycles. The first-order valence-electron chi connectivity index (χ1n) is 11.9. The number of carbonyl (C=O) groups excluding carboxylic acids is 3. The first-order chi connectivity index (χ1) is 18.4. The minimum Gasteiger partial charge on any atom is -0.451 e. The van der Waals surface area contributed by atoms with Crippen molar-refractivity contribution in [2.24, 2.45) is 0 Å². The molecule has 2 N–H and O–H groups in total. The third-order valence-corrected chi connectivity index (χ3v) is 5.68. The van der Waals surface area contributed by atoms with Crippen LogP contribution in [0.4, 0.5) is 5.69 Å². The average molecular weight is 511 g/mol. The topological polar surface area (TPSA) is 119 Å². The summed E-state index contributed by atoms with van der Waals surface area (Å²) in [6.45, 7) is 1.45. The molecule has 1 unspecified atom stereocenters. The largest absolute Gasteiger partial charge is 0.451 e. The van der Waals surface area contributed by atoms with Gasteiger partial charge in [-0.15, -0.1) is 0 Å². The molecule has 0 saturated heterocycles. The van der Waals surface area contributed by atoms with E-state index in [9.17, 15) is 19.2 Å². The van der Waals surface area contributed by atoms with Crippen molar-refractivity contribution in [1.29, 1.82) is 0 Å². The van der Waals surface area contributed by atoms with Crippen LogP contribution in [-0.4, -0.2) is 34.2 Å². The van der Waals surface area contributed by atoms with Gasteiger partial charge in [-0.2, -0.15) is 5.10 Å².